The number of carbonyl (C=O) groups excluding carboxylic acids is 1. The fraction of sp³-hybridized carbons (Fsp3) is 0.381. The number of anilines is 1. The van der Waals surface area contributed by atoms with Crippen molar-refractivity contribution in [2.24, 2.45) is 0 Å². The van der Waals surface area contributed by atoms with E-state index in [1.165, 1.54) is 19.2 Å². The Bertz CT molecular complexity index is 1040. The molecule has 2 aromatic carbocycles. The first kappa shape index (κ1) is 24.9. The smallest absolute Gasteiger partial charge is 0.271 e. The largest absolute Gasteiger partial charge is 0.495 e. The van der Waals surface area contributed by atoms with Gasteiger partial charge in [-0.3, -0.25) is 19.2 Å². The summed E-state index contributed by atoms with van der Waals surface area (Å²) in [5, 5.41) is 13.8. The maximum absolute atomic E-state index is 12.4. The highest BCUT2D eigenvalue weighted by Gasteiger charge is 2.26. The molecule has 0 aliphatic rings. The Kier molecular flexibility index (Phi) is 8.82. The van der Waals surface area contributed by atoms with Crippen LogP contribution in [0.3, 0.4) is 0 Å². The van der Waals surface area contributed by atoms with E-state index in [9.17, 15) is 23.3 Å². The number of non-ortho nitro benzene ring substituents is 1. The molecule has 0 fully saturated rings. The van der Waals surface area contributed by atoms with E-state index in [0.29, 0.717) is 19.6 Å². The number of benzene rings is 2. The molecular weight excluding hydrogens is 438 g/mol. The monoisotopic (exact) mass is 465 g/mol. The zero-order chi connectivity index (χ0) is 23.7. The van der Waals surface area contributed by atoms with Crippen LogP contribution in [-0.4, -0.2) is 52.3 Å². The zero-order valence-corrected chi connectivity index (χ0v) is 19.1. The fourth-order valence-electron chi connectivity index (χ4n) is 2.99. The molecule has 0 spiro atoms. The van der Waals surface area contributed by atoms with Crippen LogP contribution in [0.4, 0.5) is 11.4 Å². The van der Waals surface area contributed by atoms with Gasteiger partial charge >= 0.3 is 0 Å². The maximum Gasteiger partial charge on any atom is 0.271 e. The number of nitrogens with zero attached hydrogens (tertiary/aromatic N) is 2. The number of rotatable bonds is 12. The highest BCUT2D eigenvalue weighted by Crippen LogP contribution is 2.33. The van der Waals surface area contributed by atoms with E-state index in [2.05, 4.69) is 5.32 Å². The van der Waals surface area contributed by atoms with E-state index in [1.807, 2.05) is 31.2 Å². The predicted molar refractivity (Wildman–Crippen MR) is 121 cm³/mol. The second-order valence-electron chi connectivity index (χ2n) is 6.91. The normalized spacial score (nSPS) is 11.0. The van der Waals surface area contributed by atoms with Gasteiger partial charge in [0.15, 0.2) is 0 Å². The maximum atomic E-state index is 12.4. The number of aryl methyl sites for hydroxylation is 1. The fourth-order valence-corrected chi connectivity index (χ4v) is 3.85. The van der Waals surface area contributed by atoms with Gasteiger partial charge in [0, 0.05) is 18.7 Å². The Labute approximate surface area is 187 Å². The number of sulfonamides is 1. The van der Waals surface area contributed by atoms with Crippen LogP contribution in [0, 0.1) is 10.1 Å². The van der Waals surface area contributed by atoms with Crippen molar-refractivity contribution in [3.8, 4) is 11.5 Å². The highest BCUT2D eigenvalue weighted by atomic mass is 32.2. The van der Waals surface area contributed by atoms with Crippen LogP contribution in [0.1, 0.15) is 18.9 Å². The van der Waals surface area contributed by atoms with Gasteiger partial charge in [-0.25, -0.2) is 8.42 Å². The molecule has 0 bridgehead atoms. The third kappa shape index (κ3) is 7.12. The van der Waals surface area contributed by atoms with Crippen LogP contribution in [0.25, 0.3) is 0 Å². The summed E-state index contributed by atoms with van der Waals surface area (Å²) < 4.78 is 36.0. The van der Waals surface area contributed by atoms with Crippen molar-refractivity contribution in [2.45, 2.75) is 19.8 Å². The molecule has 0 aromatic heterocycles. The number of nitrogens with one attached hydrogen (secondary N) is 1. The first-order chi connectivity index (χ1) is 15.2. The number of ether oxygens (including phenoxy) is 2. The predicted octanol–water partition coefficient (Wildman–Crippen LogP) is 2.52. The lowest BCUT2D eigenvalue weighted by molar-refractivity contribution is -0.384. The summed E-state index contributed by atoms with van der Waals surface area (Å²) in [5.74, 6) is 0.363. The topological polar surface area (TPSA) is 128 Å². The molecule has 0 saturated heterocycles. The molecule has 11 heteroatoms. The molecule has 0 atom stereocenters. The van der Waals surface area contributed by atoms with Crippen molar-refractivity contribution in [1.82, 2.24) is 5.32 Å². The standard InChI is InChI=1S/C21H27N3O7S/c1-4-31-18-10-7-16(8-11-18)6-5-13-22-21(25)15-23(32(3,28)29)19-14-17(24(26)27)9-12-20(19)30-2/h7-12,14H,4-6,13,15H2,1-3H3,(H,22,25). The highest BCUT2D eigenvalue weighted by molar-refractivity contribution is 7.92. The summed E-state index contributed by atoms with van der Waals surface area (Å²) in [6, 6.07) is 11.2. The van der Waals surface area contributed by atoms with Crippen LogP contribution in [-0.2, 0) is 21.2 Å². The average molecular weight is 466 g/mol. The van der Waals surface area contributed by atoms with E-state index >= 15 is 0 Å². The van der Waals surface area contributed by atoms with Gasteiger partial charge in [-0.2, -0.15) is 0 Å². The summed E-state index contributed by atoms with van der Waals surface area (Å²) in [7, 11) is -2.60. The van der Waals surface area contributed by atoms with Crippen molar-refractivity contribution in [3.05, 3.63) is 58.1 Å². The number of carbonyl (C=O) groups is 1. The minimum absolute atomic E-state index is 0.0752. The molecule has 2 rings (SSSR count). The van der Waals surface area contributed by atoms with Crippen molar-refractivity contribution in [3.63, 3.8) is 0 Å². The first-order valence-electron chi connectivity index (χ1n) is 9.94. The summed E-state index contributed by atoms with van der Waals surface area (Å²) in [6.45, 7) is 2.32. The van der Waals surface area contributed by atoms with Gasteiger partial charge in [0.25, 0.3) is 5.69 Å². The Morgan fingerprint density at radius 2 is 1.88 bits per heavy atom. The van der Waals surface area contributed by atoms with E-state index in [1.54, 1.807) is 0 Å². The van der Waals surface area contributed by atoms with Gasteiger partial charge in [-0.15, -0.1) is 0 Å². The lowest BCUT2D eigenvalue weighted by Gasteiger charge is -2.23. The van der Waals surface area contributed by atoms with Crippen molar-refractivity contribution < 1.29 is 27.6 Å². The zero-order valence-electron chi connectivity index (χ0n) is 18.2. The van der Waals surface area contributed by atoms with Gasteiger partial charge in [0.05, 0.1) is 24.9 Å². The second kappa shape index (κ2) is 11.3. The lowest BCUT2D eigenvalue weighted by atomic mass is 10.1. The number of nitro groups is 1. The van der Waals surface area contributed by atoms with E-state index in [0.717, 1.165) is 34.4 Å². The molecule has 0 aliphatic carbocycles. The Balaban J connectivity index is 2.00. The third-order valence-electron chi connectivity index (χ3n) is 4.53. The van der Waals surface area contributed by atoms with Gasteiger partial charge in [-0.1, -0.05) is 12.1 Å². The van der Waals surface area contributed by atoms with Gasteiger partial charge in [0.2, 0.25) is 15.9 Å². The van der Waals surface area contributed by atoms with Crippen LogP contribution in [0.2, 0.25) is 0 Å². The van der Waals surface area contributed by atoms with Gasteiger partial charge < -0.3 is 14.8 Å². The van der Waals surface area contributed by atoms with E-state index in [-0.39, 0.29) is 17.1 Å². The molecule has 1 N–H and O–H groups in total. The summed E-state index contributed by atoms with van der Waals surface area (Å²) in [6.07, 6.45) is 2.30. The summed E-state index contributed by atoms with van der Waals surface area (Å²) in [4.78, 5) is 22.9. The number of hydrogen-bond donors (Lipinski definition) is 1. The average Bonchev–Trinajstić information content (AvgIpc) is 2.75. The molecule has 0 radical (unpaired) electrons. The van der Waals surface area contributed by atoms with Gasteiger partial charge in [0.1, 0.15) is 23.7 Å². The minimum Gasteiger partial charge on any atom is -0.495 e. The summed E-state index contributed by atoms with van der Waals surface area (Å²) >= 11 is 0. The molecule has 174 valence electrons. The molecule has 0 unspecified atom stereocenters. The molecular formula is C21H27N3O7S. The van der Waals surface area contributed by atoms with E-state index < -0.39 is 27.4 Å². The SMILES string of the molecule is CCOc1ccc(CCCNC(=O)CN(c2cc([N+](=O)[O-])ccc2OC)S(C)(=O)=O)cc1. The number of methoxy groups -OCH3 is 1. The summed E-state index contributed by atoms with van der Waals surface area (Å²) in [5.41, 5.74) is 0.695. The first-order valence-corrected chi connectivity index (χ1v) is 11.8. The molecule has 0 saturated carbocycles. The molecule has 2 aromatic rings. The number of hydrogen-bond acceptors (Lipinski definition) is 7. The third-order valence-corrected chi connectivity index (χ3v) is 5.65. The number of amides is 1. The minimum atomic E-state index is -3.91. The van der Waals surface area contributed by atoms with Crippen LogP contribution in [0.15, 0.2) is 42.5 Å². The molecule has 10 nitrogen and oxygen atoms in total. The van der Waals surface area contributed by atoms with E-state index in [4.69, 9.17) is 9.47 Å². The van der Waals surface area contributed by atoms with Crippen LogP contribution < -0.4 is 19.1 Å². The molecule has 0 aliphatic heterocycles. The Hall–Kier alpha value is -3.34. The number of nitro benzene ring substituents is 1. The van der Waals surface area contributed by atoms with Crippen molar-refractivity contribution >= 4 is 27.3 Å². The molecule has 32 heavy (non-hydrogen) atoms. The van der Waals surface area contributed by atoms with Crippen LogP contribution >= 0.6 is 0 Å². The second-order valence-corrected chi connectivity index (χ2v) is 8.82. The van der Waals surface area contributed by atoms with Crippen LogP contribution in [0.5, 0.6) is 11.5 Å². The molecule has 1 amide bonds. The Morgan fingerprint density at radius 1 is 1.19 bits per heavy atom. The van der Waals surface area contributed by atoms with Gasteiger partial charge in [-0.05, 0) is 43.5 Å². The van der Waals surface area contributed by atoms with Crippen molar-refractivity contribution in [2.75, 3.05) is 37.4 Å². The quantitative estimate of drug-likeness (QED) is 0.290. The van der Waals surface area contributed by atoms with Crippen molar-refractivity contribution in [1.29, 1.82) is 0 Å². The Morgan fingerprint density at radius 3 is 2.44 bits per heavy atom. The lowest BCUT2D eigenvalue weighted by Crippen LogP contribution is -2.40. The molecule has 0 heterocycles.